The molecule has 1 N–H and O–H groups in total. The smallest absolute Gasteiger partial charge is 0.228 e. The summed E-state index contributed by atoms with van der Waals surface area (Å²) in [4.78, 5) is 32.4. The molecule has 1 saturated heterocycles. The molecule has 1 aliphatic heterocycles. The summed E-state index contributed by atoms with van der Waals surface area (Å²) < 4.78 is 0. The van der Waals surface area contributed by atoms with Gasteiger partial charge in [-0.1, -0.05) is 30.7 Å². The van der Waals surface area contributed by atoms with Crippen molar-refractivity contribution in [1.82, 2.24) is 15.2 Å². The Bertz CT molecular complexity index is 894. The second-order valence-electron chi connectivity index (χ2n) is 8.70. The van der Waals surface area contributed by atoms with Crippen molar-refractivity contribution in [2.75, 3.05) is 19.6 Å². The van der Waals surface area contributed by atoms with E-state index in [0.717, 1.165) is 55.3 Å². The van der Waals surface area contributed by atoms with Crippen LogP contribution in [0.5, 0.6) is 0 Å². The van der Waals surface area contributed by atoms with Gasteiger partial charge in [-0.15, -0.1) is 0 Å². The van der Waals surface area contributed by atoms with Gasteiger partial charge in [-0.05, 0) is 67.9 Å². The number of hydrogen-bond acceptors (Lipinski definition) is 3. The summed E-state index contributed by atoms with van der Waals surface area (Å²) in [6, 6.07) is 12.3. The highest BCUT2D eigenvalue weighted by atomic mass is 16.2. The van der Waals surface area contributed by atoms with E-state index in [2.05, 4.69) is 22.4 Å². The number of piperidine rings is 1. The monoisotopic (exact) mass is 405 g/mol. The third-order valence-corrected chi connectivity index (χ3v) is 6.70. The molecule has 1 aliphatic carbocycles. The molecular weight excluding hydrogens is 374 g/mol. The minimum atomic E-state index is -0.587. The average Bonchev–Trinajstić information content (AvgIpc) is 2.74. The van der Waals surface area contributed by atoms with Gasteiger partial charge in [-0.3, -0.25) is 14.6 Å². The molecule has 2 aliphatic rings. The van der Waals surface area contributed by atoms with E-state index in [1.807, 2.05) is 36.1 Å². The van der Waals surface area contributed by atoms with E-state index < -0.39 is 5.41 Å². The van der Waals surface area contributed by atoms with E-state index in [0.29, 0.717) is 19.5 Å². The fraction of sp³-hybridized carbons (Fsp3) is 0.480. The second kappa shape index (κ2) is 8.99. The lowest BCUT2D eigenvalue weighted by Crippen LogP contribution is -2.55. The molecule has 5 nitrogen and oxygen atoms in total. The molecule has 0 spiro atoms. The van der Waals surface area contributed by atoms with Gasteiger partial charge in [-0.25, -0.2) is 0 Å². The maximum absolute atomic E-state index is 13.3. The Balaban J connectivity index is 1.65. The lowest BCUT2D eigenvalue weighted by atomic mass is 9.72. The number of hydrogen-bond donors (Lipinski definition) is 1. The Hall–Kier alpha value is -2.69. The zero-order valence-electron chi connectivity index (χ0n) is 17.8. The molecule has 2 amide bonds. The van der Waals surface area contributed by atoms with Crippen LogP contribution in [-0.4, -0.2) is 41.3 Å². The molecule has 2 fully saturated rings. The number of aromatic nitrogens is 1. The molecule has 5 heteroatoms. The zero-order valence-corrected chi connectivity index (χ0v) is 17.8. The molecule has 0 radical (unpaired) electrons. The van der Waals surface area contributed by atoms with Crippen LogP contribution in [0.2, 0.25) is 0 Å². The number of rotatable bonds is 6. The molecule has 1 saturated carbocycles. The van der Waals surface area contributed by atoms with Crippen LogP contribution in [0.25, 0.3) is 11.1 Å². The van der Waals surface area contributed by atoms with Crippen molar-refractivity contribution in [2.45, 2.75) is 45.4 Å². The Labute approximate surface area is 178 Å². The highest BCUT2D eigenvalue weighted by Crippen LogP contribution is 2.39. The molecule has 158 valence electrons. The number of carbonyl (C=O) groups is 2. The number of amides is 2. The Kier molecular flexibility index (Phi) is 6.16. The van der Waals surface area contributed by atoms with Gasteiger partial charge < -0.3 is 10.2 Å². The number of nitrogens with zero attached hydrogens (tertiary/aromatic N) is 2. The molecule has 0 bridgehead atoms. The lowest BCUT2D eigenvalue weighted by Gasteiger charge is -2.44. The highest BCUT2D eigenvalue weighted by molar-refractivity contribution is 5.86. The largest absolute Gasteiger partial charge is 0.356 e. The van der Waals surface area contributed by atoms with Crippen LogP contribution in [-0.2, 0) is 16.0 Å². The quantitative estimate of drug-likeness (QED) is 0.794. The molecule has 2 aromatic rings. The maximum atomic E-state index is 13.3. The van der Waals surface area contributed by atoms with Crippen molar-refractivity contribution >= 4 is 11.8 Å². The topological polar surface area (TPSA) is 62.3 Å². The first kappa shape index (κ1) is 20.6. The molecule has 4 rings (SSSR count). The number of likely N-dealkylation sites (tertiary alicyclic amines) is 1. The fourth-order valence-corrected chi connectivity index (χ4v) is 4.84. The van der Waals surface area contributed by atoms with E-state index in [1.165, 1.54) is 0 Å². The lowest BCUT2D eigenvalue weighted by molar-refractivity contribution is -0.146. The van der Waals surface area contributed by atoms with Crippen LogP contribution in [0.3, 0.4) is 0 Å². The summed E-state index contributed by atoms with van der Waals surface area (Å²) in [5, 5.41) is 3.07. The number of carbonyl (C=O) groups excluding carboxylic acids is 2. The van der Waals surface area contributed by atoms with Gasteiger partial charge in [0.15, 0.2) is 0 Å². The highest BCUT2D eigenvalue weighted by Gasteiger charge is 2.45. The molecule has 2 heterocycles. The molecule has 1 aromatic carbocycles. The minimum Gasteiger partial charge on any atom is -0.356 e. The summed E-state index contributed by atoms with van der Waals surface area (Å²) in [5.74, 6) is 0.483. The summed E-state index contributed by atoms with van der Waals surface area (Å²) in [6.45, 7) is 3.83. The predicted molar refractivity (Wildman–Crippen MR) is 118 cm³/mol. The van der Waals surface area contributed by atoms with Gasteiger partial charge in [0.1, 0.15) is 0 Å². The third kappa shape index (κ3) is 4.11. The second-order valence-corrected chi connectivity index (χ2v) is 8.70. The zero-order chi connectivity index (χ0) is 21.0. The fourth-order valence-electron chi connectivity index (χ4n) is 4.84. The molecule has 1 aromatic heterocycles. The summed E-state index contributed by atoms with van der Waals surface area (Å²) in [7, 11) is 0. The van der Waals surface area contributed by atoms with Gasteiger partial charge in [0.2, 0.25) is 11.8 Å². The van der Waals surface area contributed by atoms with Crippen molar-refractivity contribution in [3.8, 4) is 11.1 Å². The van der Waals surface area contributed by atoms with Gasteiger partial charge >= 0.3 is 0 Å². The van der Waals surface area contributed by atoms with Gasteiger partial charge in [0, 0.05) is 37.9 Å². The van der Waals surface area contributed by atoms with Crippen molar-refractivity contribution in [2.24, 2.45) is 11.3 Å². The molecule has 0 unspecified atom stereocenters. The molecular formula is C25H31N3O2. The van der Waals surface area contributed by atoms with Crippen LogP contribution >= 0.6 is 0 Å². The van der Waals surface area contributed by atoms with Gasteiger partial charge in [0.25, 0.3) is 0 Å². The van der Waals surface area contributed by atoms with Crippen LogP contribution < -0.4 is 5.32 Å². The van der Waals surface area contributed by atoms with Crippen LogP contribution in [0.1, 0.15) is 44.6 Å². The van der Waals surface area contributed by atoms with Crippen LogP contribution in [0.15, 0.2) is 48.8 Å². The van der Waals surface area contributed by atoms with Crippen molar-refractivity contribution < 1.29 is 9.59 Å². The summed E-state index contributed by atoms with van der Waals surface area (Å²) in [6.07, 6.45) is 9.03. The van der Waals surface area contributed by atoms with Gasteiger partial charge in [-0.2, -0.15) is 0 Å². The predicted octanol–water partition coefficient (Wildman–Crippen LogP) is 3.84. The Morgan fingerprint density at radius 2 is 1.90 bits per heavy atom. The number of pyridine rings is 1. The van der Waals surface area contributed by atoms with Crippen LogP contribution in [0, 0.1) is 11.3 Å². The van der Waals surface area contributed by atoms with E-state index in [9.17, 15) is 9.59 Å². The van der Waals surface area contributed by atoms with Gasteiger partial charge in [0.05, 0.1) is 5.41 Å². The van der Waals surface area contributed by atoms with Crippen LogP contribution in [0.4, 0.5) is 0 Å². The Morgan fingerprint density at radius 3 is 2.60 bits per heavy atom. The molecule has 30 heavy (non-hydrogen) atoms. The normalized spacial score (nSPS) is 21.7. The standard InChI is InChI=1S/C25H31N3O2/c1-2-27-24(30)25(13-6-16-28(18-25)23(29)20-8-5-9-20)17-21-7-3-4-10-22(21)19-11-14-26-15-12-19/h3-4,7,10-12,14-15,20H,2,5-6,8-9,13,16-18H2,1H3,(H,27,30)/t25-/m0/s1. The third-order valence-electron chi connectivity index (χ3n) is 6.70. The summed E-state index contributed by atoms with van der Waals surface area (Å²) in [5.41, 5.74) is 2.79. The first-order chi connectivity index (χ1) is 14.6. The van der Waals surface area contributed by atoms with E-state index >= 15 is 0 Å². The van der Waals surface area contributed by atoms with E-state index in [4.69, 9.17) is 0 Å². The van der Waals surface area contributed by atoms with Crippen molar-refractivity contribution in [1.29, 1.82) is 0 Å². The SMILES string of the molecule is CCNC(=O)[C@]1(Cc2ccccc2-c2ccncc2)CCCN(C(=O)C2CCC2)C1. The Morgan fingerprint density at radius 1 is 1.13 bits per heavy atom. The van der Waals surface area contributed by atoms with Crippen molar-refractivity contribution in [3.63, 3.8) is 0 Å². The average molecular weight is 406 g/mol. The number of benzene rings is 1. The minimum absolute atomic E-state index is 0.0700. The maximum Gasteiger partial charge on any atom is 0.228 e. The van der Waals surface area contributed by atoms with E-state index in [1.54, 1.807) is 12.4 Å². The first-order valence-corrected chi connectivity index (χ1v) is 11.2. The van der Waals surface area contributed by atoms with Crippen molar-refractivity contribution in [3.05, 3.63) is 54.4 Å². The van der Waals surface area contributed by atoms with E-state index in [-0.39, 0.29) is 17.7 Å². The summed E-state index contributed by atoms with van der Waals surface area (Å²) >= 11 is 0. The number of nitrogens with one attached hydrogen (secondary N) is 1. The molecule has 1 atom stereocenters. The first-order valence-electron chi connectivity index (χ1n) is 11.2.